The zero-order chi connectivity index (χ0) is 49.5. The Kier molecular flexibility index (Phi) is 52.1. The van der Waals surface area contributed by atoms with Gasteiger partial charge >= 0.3 is 5.97 Å². The highest BCUT2D eigenvalue weighted by molar-refractivity contribution is 5.77. The predicted molar refractivity (Wildman–Crippen MR) is 296 cm³/mol. The Balaban J connectivity index is 4.70. The van der Waals surface area contributed by atoms with Gasteiger partial charge in [0.15, 0.2) is 0 Å². The van der Waals surface area contributed by atoms with Gasteiger partial charge < -0.3 is 20.3 Å². The van der Waals surface area contributed by atoms with Crippen LogP contribution >= 0.6 is 0 Å². The van der Waals surface area contributed by atoms with Gasteiger partial charge in [-0.3, -0.25) is 9.59 Å². The molecule has 0 heterocycles. The third-order valence-corrected chi connectivity index (χ3v) is 12.4. The molecule has 3 unspecified atom stereocenters. The number of nitrogens with one attached hydrogen (secondary N) is 1. The van der Waals surface area contributed by atoms with Crippen molar-refractivity contribution in [3.63, 3.8) is 0 Å². The molecule has 0 rings (SSSR count). The fourth-order valence-electron chi connectivity index (χ4n) is 8.12. The van der Waals surface area contributed by atoms with E-state index in [9.17, 15) is 19.8 Å². The highest BCUT2D eigenvalue weighted by Gasteiger charge is 2.24. The second-order valence-electron chi connectivity index (χ2n) is 19.0. The van der Waals surface area contributed by atoms with E-state index < -0.39 is 18.2 Å². The molecular weight excluding hydrogens is 839 g/mol. The average molecular weight is 947 g/mol. The van der Waals surface area contributed by atoms with Crippen molar-refractivity contribution < 1.29 is 24.5 Å². The van der Waals surface area contributed by atoms with Gasteiger partial charge in [-0.15, -0.1) is 0 Å². The van der Waals surface area contributed by atoms with Crippen LogP contribution < -0.4 is 5.32 Å². The molecule has 6 nitrogen and oxygen atoms in total. The molecule has 0 aromatic carbocycles. The Morgan fingerprint density at radius 3 is 1.22 bits per heavy atom. The highest BCUT2D eigenvalue weighted by atomic mass is 16.5. The van der Waals surface area contributed by atoms with E-state index in [-0.39, 0.29) is 24.9 Å². The number of ether oxygens (including phenoxy) is 1. The van der Waals surface area contributed by atoms with Gasteiger partial charge in [0, 0.05) is 6.42 Å². The lowest BCUT2D eigenvalue weighted by atomic mass is 10.0. The second-order valence-corrected chi connectivity index (χ2v) is 19.0. The van der Waals surface area contributed by atoms with Crippen LogP contribution in [0.15, 0.2) is 97.2 Å². The number of aliphatic hydroxyl groups is 2. The number of allylic oxidation sites excluding steroid dienone is 16. The topological polar surface area (TPSA) is 95.9 Å². The van der Waals surface area contributed by atoms with Crippen LogP contribution in [-0.4, -0.2) is 46.9 Å². The fraction of sp³-hybridized carbons (Fsp3) is 0.710. The number of rotatable bonds is 50. The monoisotopic (exact) mass is 946 g/mol. The maximum atomic E-state index is 13.3. The van der Waals surface area contributed by atoms with E-state index >= 15 is 0 Å². The number of aliphatic hydroxyl groups excluding tert-OH is 2. The Morgan fingerprint density at radius 2 is 0.794 bits per heavy atom. The van der Waals surface area contributed by atoms with Gasteiger partial charge in [-0.2, -0.15) is 0 Å². The number of esters is 1. The zero-order valence-corrected chi connectivity index (χ0v) is 44.5. The molecule has 68 heavy (non-hydrogen) atoms. The molecule has 0 aliphatic rings. The van der Waals surface area contributed by atoms with Crippen LogP contribution in [0, 0.1) is 0 Å². The lowest BCUT2D eigenvalue weighted by Gasteiger charge is -2.24. The Labute approximate surface area is 420 Å². The smallest absolute Gasteiger partial charge is 0.306 e. The average Bonchev–Trinajstić information content (AvgIpc) is 3.33. The standard InChI is InChI=1S/C62H107NO5/c1-4-7-10-13-16-19-22-25-28-30-33-36-39-42-45-48-51-54-60(65)59(57-64)63-61(66)56-58(53-50-47-44-41-38-35-32-27-24-21-18-15-12-9-6-3)68-62(67)55-52-49-46-43-40-37-34-31-29-26-23-20-17-14-11-8-5-2/h8,11,17-18,20-21,26-27,29,32,34,37-38,41,43,46,58-60,64-65H,4-7,9-10,12-16,19,22-25,28,30-31,33,35-36,39-40,42,44-45,47-57H2,1-3H3,(H,63,66)/b11-8-,20-17-,21-18-,29-26-,32-27-,37-34-,41-38-,46-43-. The molecule has 1 amide bonds. The van der Waals surface area contributed by atoms with Crippen LogP contribution in [0.2, 0.25) is 0 Å². The van der Waals surface area contributed by atoms with E-state index in [4.69, 9.17) is 4.74 Å². The van der Waals surface area contributed by atoms with Crippen molar-refractivity contribution in [3.8, 4) is 0 Å². The number of amides is 1. The zero-order valence-electron chi connectivity index (χ0n) is 44.5. The van der Waals surface area contributed by atoms with Crippen LogP contribution in [-0.2, 0) is 14.3 Å². The summed E-state index contributed by atoms with van der Waals surface area (Å²) in [6.07, 6.45) is 73.3. The minimum atomic E-state index is -0.814. The van der Waals surface area contributed by atoms with Crippen molar-refractivity contribution in [2.45, 2.75) is 277 Å². The van der Waals surface area contributed by atoms with Gasteiger partial charge in [0.05, 0.1) is 25.2 Å². The summed E-state index contributed by atoms with van der Waals surface area (Å²) in [6.45, 7) is 6.33. The first-order valence-electron chi connectivity index (χ1n) is 28.5. The summed E-state index contributed by atoms with van der Waals surface area (Å²) < 4.78 is 5.91. The van der Waals surface area contributed by atoms with E-state index in [1.807, 2.05) is 0 Å². The van der Waals surface area contributed by atoms with E-state index in [0.29, 0.717) is 25.7 Å². The molecule has 0 aliphatic carbocycles. The molecule has 6 heteroatoms. The quantitative estimate of drug-likeness (QED) is 0.0321. The summed E-state index contributed by atoms with van der Waals surface area (Å²) in [7, 11) is 0. The van der Waals surface area contributed by atoms with Crippen LogP contribution in [0.5, 0.6) is 0 Å². The molecule has 0 spiro atoms. The number of carbonyl (C=O) groups is 2. The maximum absolute atomic E-state index is 13.3. The first kappa shape index (κ1) is 64.8. The third-order valence-electron chi connectivity index (χ3n) is 12.4. The number of hydrogen-bond acceptors (Lipinski definition) is 5. The minimum Gasteiger partial charge on any atom is -0.462 e. The van der Waals surface area contributed by atoms with Crippen LogP contribution in [0.3, 0.4) is 0 Å². The third kappa shape index (κ3) is 49.2. The first-order chi connectivity index (χ1) is 33.5. The van der Waals surface area contributed by atoms with Crippen molar-refractivity contribution in [1.82, 2.24) is 5.32 Å². The Bertz CT molecular complexity index is 1340. The van der Waals surface area contributed by atoms with Gasteiger partial charge in [0.2, 0.25) is 5.91 Å². The number of carbonyl (C=O) groups excluding carboxylic acids is 2. The summed E-state index contributed by atoms with van der Waals surface area (Å²) in [5.41, 5.74) is 0. The normalized spacial score (nSPS) is 13.9. The molecule has 390 valence electrons. The SMILES string of the molecule is CC/C=C\C/C=C\C/C=C\C/C=C\C/C=C\CCCC(=O)OC(CCCC/C=C\C/C=C\C/C=C\CCCCC)CC(=O)NC(CO)C(O)CCCCCCCCCCCCCCCCCCC. The highest BCUT2D eigenvalue weighted by Crippen LogP contribution is 2.17. The van der Waals surface area contributed by atoms with Crippen LogP contribution in [0.25, 0.3) is 0 Å². The van der Waals surface area contributed by atoms with Crippen molar-refractivity contribution in [2.24, 2.45) is 0 Å². The summed E-state index contributed by atoms with van der Waals surface area (Å²) >= 11 is 0. The molecule has 3 N–H and O–H groups in total. The van der Waals surface area contributed by atoms with Crippen molar-refractivity contribution >= 4 is 11.9 Å². The lowest BCUT2D eigenvalue weighted by Crippen LogP contribution is -2.46. The van der Waals surface area contributed by atoms with Crippen molar-refractivity contribution in [1.29, 1.82) is 0 Å². The van der Waals surface area contributed by atoms with E-state index in [1.165, 1.54) is 116 Å². The van der Waals surface area contributed by atoms with Gasteiger partial charge in [-0.1, -0.05) is 240 Å². The van der Waals surface area contributed by atoms with Gasteiger partial charge in [0.25, 0.3) is 0 Å². The maximum Gasteiger partial charge on any atom is 0.306 e. The van der Waals surface area contributed by atoms with Gasteiger partial charge in [-0.25, -0.2) is 0 Å². The Hall–Kier alpha value is -3.22. The number of unbranched alkanes of at least 4 members (excludes halogenated alkanes) is 22. The molecule has 0 aromatic heterocycles. The molecule has 0 fully saturated rings. The molecule has 0 aromatic rings. The van der Waals surface area contributed by atoms with Gasteiger partial charge in [0.1, 0.15) is 6.10 Å². The molecule has 0 saturated carbocycles. The fourth-order valence-corrected chi connectivity index (χ4v) is 8.12. The van der Waals surface area contributed by atoms with Crippen LogP contribution in [0.4, 0.5) is 0 Å². The number of hydrogen-bond donors (Lipinski definition) is 3. The van der Waals surface area contributed by atoms with Gasteiger partial charge in [-0.05, 0) is 103 Å². The minimum absolute atomic E-state index is 0.0243. The summed E-state index contributed by atoms with van der Waals surface area (Å²) in [5, 5.41) is 23.9. The summed E-state index contributed by atoms with van der Waals surface area (Å²) in [5.74, 6) is -0.584. The molecule has 0 radical (unpaired) electrons. The van der Waals surface area contributed by atoms with Crippen molar-refractivity contribution in [3.05, 3.63) is 97.2 Å². The van der Waals surface area contributed by atoms with Crippen LogP contribution in [0.1, 0.15) is 258 Å². The second kappa shape index (κ2) is 54.7. The first-order valence-corrected chi connectivity index (χ1v) is 28.5. The lowest BCUT2D eigenvalue weighted by molar-refractivity contribution is -0.151. The van der Waals surface area contributed by atoms with E-state index in [2.05, 4.69) is 123 Å². The van der Waals surface area contributed by atoms with E-state index in [1.54, 1.807) is 0 Å². The Morgan fingerprint density at radius 1 is 0.441 bits per heavy atom. The molecule has 0 saturated heterocycles. The molecular formula is C62H107NO5. The largest absolute Gasteiger partial charge is 0.462 e. The predicted octanol–water partition coefficient (Wildman–Crippen LogP) is 17.7. The molecule has 3 atom stereocenters. The summed E-state index contributed by atoms with van der Waals surface area (Å²) in [6, 6.07) is -0.732. The van der Waals surface area contributed by atoms with E-state index in [0.717, 1.165) is 89.9 Å². The van der Waals surface area contributed by atoms with Crippen molar-refractivity contribution in [2.75, 3.05) is 6.61 Å². The molecule has 0 aliphatic heterocycles. The molecule has 0 bridgehead atoms. The summed E-state index contributed by atoms with van der Waals surface area (Å²) in [4.78, 5) is 26.2.